The fourth-order valence-corrected chi connectivity index (χ4v) is 2.47. The van der Waals surface area contributed by atoms with Crippen molar-refractivity contribution in [2.75, 3.05) is 0 Å². The summed E-state index contributed by atoms with van der Waals surface area (Å²) in [4.78, 5) is 11.2. The van der Waals surface area contributed by atoms with Crippen molar-refractivity contribution in [2.24, 2.45) is 0 Å². The van der Waals surface area contributed by atoms with E-state index in [0.29, 0.717) is 5.56 Å². The van der Waals surface area contributed by atoms with E-state index in [2.05, 4.69) is 40.8 Å². The maximum absolute atomic E-state index is 11.2. The molecule has 0 heterocycles. The minimum Gasteiger partial charge on any atom is -0.543 e. The van der Waals surface area contributed by atoms with Crippen LogP contribution in [-0.4, -0.2) is 14.6 Å². The molecule has 0 aliphatic rings. The zero-order chi connectivity index (χ0) is 14.0. The molecule has 0 spiro atoms. The summed E-state index contributed by atoms with van der Waals surface area (Å²) < 4.78 is 6.20. The Bertz CT molecular complexity index is 431. The van der Waals surface area contributed by atoms with E-state index in [0.717, 1.165) is 18.5 Å². The molecule has 3 heteroatoms. The molecule has 2 nitrogen and oxygen atoms in total. The number of benzene rings is 1. The van der Waals surface area contributed by atoms with Gasteiger partial charge in [0.15, 0.2) is 6.29 Å². The minimum absolute atomic E-state index is 0.135. The van der Waals surface area contributed by atoms with Crippen LogP contribution >= 0.6 is 0 Å². The van der Waals surface area contributed by atoms with Gasteiger partial charge in [-0.3, -0.25) is 4.79 Å². The number of hydrogen-bond donors (Lipinski definition) is 0. The number of aldehydes is 1. The molecule has 18 heavy (non-hydrogen) atoms. The van der Waals surface area contributed by atoms with Gasteiger partial charge in [0.2, 0.25) is 0 Å². The molecule has 0 aliphatic heterocycles. The van der Waals surface area contributed by atoms with Gasteiger partial charge in [-0.1, -0.05) is 33.8 Å². The molecule has 0 aromatic heterocycles. The molecular formula is C15H24O2Si. The van der Waals surface area contributed by atoms with Crippen molar-refractivity contribution in [3.63, 3.8) is 0 Å². The summed E-state index contributed by atoms with van der Waals surface area (Å²) in [7, 11) is -1.88. The van der Waals surface area contributed by atoms with Crippen molar-refractivity contribution in [3.8, 4) is 5.75 Å². The highest BCUT2D eigenvalue weighted by Crippen LogP contribution is 2.38. The molecule has 0 fully saturated rings. The Morgan fingerprint density at radius 3 is 2.33 bits per heavy atom. The quantitative estimate of drug-likeness (QED) is 0.593. The predicted octanol–water partition coefficient (Wildman–Crippen LogP) is 4.45. The molecule has 0 N–H and O–H groups in total. The normalized spacial score (nSPS) is 12.3. The standard InChI is InChI=1S/C15H24O2Si/c1-7-12-8-9-14(13(10-12)11-16)17-18(5,6)15(2,3)4/h8-11H,7H2,1-6H3. The average molecular weight is 264 g/mol. The number of aryl methyl sites for hydroxylation is 1. The second-order valence-corrected chi connectivity index (χ2v) is 10.9. The van der Waals surface area contributed by atoms with Crippen molar-refractivity contribution in [1.29, 1.82) is 0 Å². The third-order valence-corrected chi connectivity index (χ3v) is 8.12. The first-order chi connectivity index (χ1) is 8.21. The molecular weight excluding hydrogens is 240 g/mol. The van der Waals surface area contributed by atoms with Crippen LogP contribution in [0.25, 0.3) is 0 Å². The fourth-order valence-electron chi connectivity index (χ4n) is 1.43. The first-order valence-electron chi connectivity index (χ1n) is 6.48. The Kier molecular flexibility index (Phi) is 4.38. The van der Waals surface area contributed by atoms with Crippen molar-refractivity contribution < 1.29 is 9.22 Å². The molecule has 1 aromatic carbocycles. The molecule has 0 radical (unpaired) electrons. The third kappa shape index (κ3) is 3.22. The molecule has 100 valence electrons. The fraction of sp³-hybridized carbons (Fsp3) is 0.533. The zero-order valence-electron chi connectivity index (χ0n) is 12.3. The van der Waals surface area contributed by atoms with Gasteiger partial charge in [0.1, 0.15) is 5.75 Å². The summed E-state index contributed by atoms with van der Waals surface area (Å²) >= 11 is 0. The predicted molar refractivity (Wildman–Crippen MR) is 79.0 cm³/mol. The van der Waals surface area contributed by atoms with Crippen LogP contribution in [0, 0.1) is 0 Å². The first kappa shape index (κ1) is 15.0. The third-order valence-electron chi connectivity index (χ3n) is 3.78. The number of hydrogen-bond acceptors (Lipinski definition) is 2. The second-order valence-electron chi connectivity index (χ2n) is 6.21. The van der Waals surface area contributed by atoms with E-state index in [4.69, 9.17) is 4.43 Å². The Balaban J connectivity index is 3.08. The monoisotopic (exact) mass is 264 g/mol. The molecule has 0 saturated carbocycles. The van der Waals surface area contributed by atoms with E-state index in [1.165, 1.54) is 5.56 Å². The SMILES string of the molecule is CCc1ccc(O[Si](C)(C)C(C)(C)C)c(C=O)c1. The summed E-state index contributed by atoms with van der Waals surface area (Å²) in [6.07, 6.45) is 1.82. The van der Waals surface area contributed by atoms with E-state index in [9.17, 15) is 4.79 Å². The highest BCUT2D eigenvalue weighted by molar-refractivity contribution is 6.74. The Morgan fingerprint density at radius 2 is 1.89 bits per heavy atom. The summed E-state index contributed by atoms with van der Waals surface area (Å²) in [6.45, 7) is 13.0. The van der Waals surface area contributed by atoms with Gasteiger partial charge in [0.25, 0.3) is 8.32 Å². The lowest BCUT2D eigenvalue weighted by atomic mass is 10.1. The molecule has 0 bridgehead atoms. The van der Waals surface area contributed by atoms with E-state index < -0.39 is 8.32 Å². The van der Waals surface area contributed by atoms with E-state index in [1.54, 1.807) is 0 Å². The van der Waals surface area contributed by atoms with Gasteiger partial charge in [-0.05, 0) is 42.2 Å². The van der Waals surface area contributed by atoms with Gasteiger partial charge >= 0.3 is 0 Å². The van der Waals surface area contributed by atoms with Gasteiger partial charge in [-0.25, -0.2) is 0 Å². The molecule has 1 rings (SSSR count). The average Bonchev–Trinajstić information content (AvgIpc) is 2.27. The van der Waals surface area contributed by atoms with Crippen LogP contribution in [0.15, 0.2) is 18.2 Å². The van der Waals surface area contributed by atoms with Crippen LogP contribution in [0.3, 0.4) is 0 Å². The summed E-state index contributed by atoms with van der Waals surface area (Å²) in [5.74, 6) is 0.730. The lowest BCUT2D eigenvalue weighted by Crippen LogP contribution is -2.44. The lowest BCUT2D eigenvalue weighted by molar-refractivity contribution is 0.112. The maximum atomic E-state index is 11.2. The molecule has 0 amide bonds. The largest absolute Gasteiger partial charge is 0.543 e. The Morgan fingerprint density at radius 1 is 1.28 bits per heavy atom. The van der Waals surface area contributed by atoms with Crippen molar-refractivity contribution >= 4 is 14.6 Å². The highest BCUT2D eigenvalue weighted by Gasteiger charge is 2.39. The zero-order valence-corrected chi connectivity index (χ0v) is 13.3. The topological polar surface area (TPSA) is 26.3 Å². The number of carbonyl (C=O) groups excluding carboxylic acids is 1. The Labute approximate surface area is 111 Å². The van der Waals surface area contributed by atoms with E-state index >= 15 is 0 Å². The van der Waals surface area contributed by atoms with Crippen molar-refractivity contribution in [3.05, 3.63) is 29.3 Å². The molecule has 0 unspecified atom stereocenters. The van der Waals surface area contributed by atoms with Gasteiger partial charge < -0.3 is 4.43 Å². The van der Waals surface area contributed by atoms with Crippen LogP contribution in [0.2, 0.25) is 18.1 Å². The van der Waals surface area contributed by atoms with Crippen molar-refractivity contribution in [2.45, 2.75) is 52.2 Å². The summed E-state index contributed by atoms with van der Waals surface area (Å²) in [5.41, 5.74) is 1.83. The summed E-state index contributed by atoms with van der Waals surface area (Å²) in [5, 5.41) is 0.135. The smallest absolute Gasteiger partial charge is 0.250 e. The lowest BCUT2D eigenvalue weighted by Gasteiger charge is -2.36. The van der Waals surface area contributed by atoms with Crippen LogP contribution in [0.5, 0.6) is 5.75 Å². The molecule has 0 saturated heterocycles. The summed E-state index contributed by atoms with van der Waals surface area (Å²) in [6, 6.07) is 5.90. The van der Waals surface area contributed by atoms with Crippen LogP contribution in [0.4, 0.5) is 0 Å². The maximum Gasteiger partial charge on any atom is 0.250 e. The van der Waals surface area contributed by atoms with Gasteiger partial charge in [-0.15, -0.1) is 0 Å². The number of rotatable bonds is 4. The molecule has 0 atom stereocenters. The highest BCUT2D eigenvalue weighted by atomic mass is 28.4. The Hall–Kier alpha value is -1.09. The van der Waals surface area contributed by atoms with Crippen LogP contribution in [0.1, 0.15) is 43.6 Å². The number of carbonyl (C=O) groups is 1. The second kappa shape index (κ2) is 5.27. The van der Waals surface area contributed by atoms with E-state index in [1.807, 2.05) is 18.2 Å². The van der Waals surface area contributed by atoms with Crippen LogP contribution < -0.4 is 4.43 Å². The van der Waals surface area contributed by atoms with Crippen LogP contribution in [-0.2, 0) is 6.42 Å². The van der Waals surface area contributed by atoms with Gasteiger partial charge in [0.05, 0.1) is 5.56 Å². The van der Waals surface area contributed by atoms with Gasteiger partial charge in [-0.2, -0.15) is 0 Å². The first-order valence-corrected chi connectivity index (χ1v) is 9.39. The van der Waals surface area contributed by atoms with Crippen molar-refractivity contribution in [1.82, 2.24) is 0 Å². The molecule has 0 aliphatic carbocycles. The minimum atomic E-state index is -1.88. The molecule has 1 aromatic rings. The van der Waals surface area contributed by atoms with E-state index in [-0.39, 0.29) is 5.04 Å². The van der Waals surface area contributed by atoms with Gasteiger partial charge in [0, 0.05) is 0 Å².